The minimum absolute atomic E-state index is 0.329. The summed E-state index contributed by atoms with van der Waals surface area (Å²) in [7, 11) is 0. The number of carboxylic acids is 1. The van der Waals surface area contributed by atoms with Gasteiger partial charge < -0.3 is 16.2 Å². The van der Waals surface area contributed by atoms with Crippen LogP contribution < -0.4 is 11.1 Å². The number of anilines is 2. The van der Waals surface area contributed by atoms with E-state index in [0.29, 0.717) is 17.7 Å². The van der Waals surface area contributed by atoms with Gasteiger partial charge in [-0.2, -0.15) is 0 Å². The number of hydrogen-bond acceptors (Lipinski definition) is 3. The van der Waals surface area contributed by atoms with Crippen LogP contribution in [0.1, 0.15) is 5.56 Å². The van der Waals surface area contributed by atoms with Gasteiger partial charge >= 0.3 is 5.97 Å². The fourth-order valence-electron chi connectivity index (χ4n) is 1.48. The van der Waals surface area contributed by atoms with E-state index in [2.05, 4.69) is 5.32 Å². The summed E-state index contributed by atoms with van der Waals surface area (Å²) in [6, 6.07) is 5.48. The number of rotatable bonds is 1. The number of nitrogen functional groups attached to an aromatic ring is 1. The fraction of sp³-hybridized carbons (Fsp3) is 0.100. The molecule has 0 fully saturated rings. The molecule has 0 saturated heterocycles. The lowest BCUT2D eigenvalue weighted by Gasteiger charge is -2.17. The zero-order valence-corrected chi connectivity index (χ0v) is 7.45. The Balaban J connectivity index is 2.40. The van der Waals surface area contributed by atoms with Crippen LogP contribution in [-0.4, -0.2) is 11.1 Å². The van der Waals surface area contributed by atoms with Gasteiger partial charge in [0.05, 0.1) is 5.57 Å². The van der Waals surface area contributed by atoms with Crippen LogP contribution in [0, 0.1) is 0 Å². The second-order valence-corrected chi connectivity index (χ2v) is 3.17. The van der Waals surface area contributed by atoms with Crippen LogP contribution in [0.2, 0.25) is 0 Å². The van der Waals surface area contributed by atoms with E-state index in [1.54, 1.807) is 6.07 Å². The summed E-state index contributed by atoms with van der Waals surface area (Å²) in [6.45, 7) is 0. The molecule has 0 saturated carbocycles. The second-order valence-electron chi connectivity index (χ2n) is 3.17. The molecule has 1 aromatic rings. The van der Waals surface area contributed by atoms with E-state index in [-0.39, 0.29) is 0 Å². The zero-order valence-electron chi connectivity index (χ0n) is 7.45. The summed E-state index contributed by atoms with van der Waals surface area (Å²) >= 11 is 0. The minimum Gasteiger partial charge on any atom is -0.478 e. The summed E-state index contributed by atoms with van der Waals surface area (Å²) in [6.07, 6.45) is 1.88. The molecule has 0 unspecified atom stereocenters. The Hall–Kier alpha value is -1.97. The Morgan fingerprint density at radius 1 is 1.50 bits per heavy atom. The molecule has 1 aliphatic heterocycles. The van der Waals surface area contributed by atoms with Gasteiger partial charge in [-0.25, -0.2) is 4.79 Å². The molecule has 14 heavy (non-hydrogen) atoms. The van der Waals surface area contributed by atoms with Gasteiger partial charge in [0.2, 0.25) is 0 Å². The smallest absolute Gasteiger partial charge is 0.333 e. The molecular weight excluding hydrogens is 180 g/mol. The number of nitrogens with two attached hydrogens (primary N) is 1. The Labute approximate surface area is 81.0 Å². The molecule has 4 heteroatoms. The van der Waals surface area contributed by atoms with Gasteiger partial charge in [0.25, 0.3) is 0 Å². The van der Waals surface area contributed by atoms with Crippen molar-refractivity contribution in [2.24, 2.45) is 0 Å². The molecule has 0 aromatic heterocycles. The average Bonchev–Trinajstić information content (AvgIpc) is 2.18. The van der Waals surface area contributed by atoms with Crippen LogP contribution in [-0.2, 0) is 11.2 Å². The molecule has 0 spiro atoms. The van der Waals surface area contributed by atoms with Crippen molar-refractivity contribution in [3.63, 3.8) is 0 Å². The summed E-state index contributed by atoms with van der Waals surface area (Å²) in [5, 5.41) is 11.7. The summed E-state index contributed by atoms with van der Waals surface area (Å²) in [4.78, 5) is 10.7. The van der Waals surface area contributed by atoms with Crippen LogP contribution in [0.5, 0.6) is 0 Å². The van der Waals surface area contributed by atoms with E-state index in [1.165, 1.54) is 6.20 Å². The van der Waals surface area contributed by atoms with E-state index in [1.807, 2.05) is 12.1 Å². The molecule has 0 amide bonds. The number of nitrogens with one attached hydrogen (secondary N) is 1. The first-order valence-electron chi connectivity index (χ1n) is 4.24. The molecule has 0 atom stereocenters. The Kier molecular flexibility index (Phi) is 1.89. The number of aliphatic carboxylic acids is 1. The van der Waals surface area contributed by atoms with Crippen molar-refractivity contribution >= 4 is 17.3 Å². The Morgan fingerprint density at radius 3 is 3.00 bits per heavy atom. The molecule has 4 N–H and O–H groups in total. The average molecular weight is 190 g/mol. The lowest BCUT2D eigenvalue weighted by Crippen LogP contribution is -2.13. The van der Waals surface area contributed by atoms with Gasteiger partial charge in [0.1, 0.15) is 0 Å². The quantitative estimate of drug-likeness (QED) is 0.582. The maximum atomic E-state index is 10.7. The number of carbonyl (C=O) groups is 1. The van der Waals surface area contributed by atoms with Crippen molar-refractivity contribution in [2.45, 2.75) is 6.42 Å². The standard InChI is InChI=1S/C10H10N2O2/c11-8-2-1-3-9-7(8)4-6(5-12-9)10(13)14/h1-3,5,12H,4,11H2,(H,13,14). The molecule has 1 heterocycles. The fourth-order valence-corrected chi connectivity index (χ4v) is 1.48. The van der Waals surface area contributed by atoms with Gasteiger partial charge in [-0.1, -0.05) is 6.07 Å². The third-order valence-electron chi connectivity index (χ3n) is 2.26. The largest absolute Gasteiger partial charge is 0.478 e. The number of fused-ring (bicyclic) bond motifs is 1. The molecule has 0 bridgehead atoms. The van der Waals surface area contributed by atoms with Crippen LogP contribution in [0.4, 0.5) is 11.4 Å². The van der Waals surface area contributed by atoms with Crippen molar-refractivity contribution in [3.05, 3.63) is 35.5 Å². The second kappa shape index (κ2) is 3.06. The molecular formula is C10H10N2O2. The molecule has 4 nitrogen and oxygen atoms in total. The van der Waals surface area contributed by atoms with E-state index in [9.17, 15) is 4.79 Å². The van der Waals surface area contributed by atoms with Crippen molar-refractivity contribution in [1.82, 2.24) is 0 Å². The van der Waals surface area contributed by atoms with E-state index in [0.717, 1.165) is 11.3 Å². The number of benzene rings is 1. The van der Waals surface area contributed by atoms with E-state index < -0.39 is 5.97 Å². The Morgan fingerprint density at radius 2 is 2.29 bits per heavy atom. The molecule has 72 valence electrons. The van der Waals surface area contributed by atoms with Gasteiger partial charge in [-0.05, 0) is 12.1 Å². The van der Waals surface area contributed by atoms with Crippen molar-refractivity contribution in [2.75, 3.05) is 11.1 Å². The van der Waals surface area contributed by atoms with Crippen molar-refractivity contribution in [3.8, 4) is 0 Å². The van der Waals surface area contributed by atoms with Gasteiger partial charge in [0.15, 0.2) is 0 Å². The van der Waals surface area contributed by atoms with E-state index >= 15 is 0 Å². The maximum absolute atomic E-state index is 10.7. The summed E-state index contributed by atoms with van der Waals surface area (Å²) in [5.41, 5.74) is 8.44. The topological polar surface area (TPSA) is 75.4 Å². The first-order chi connectivity index (χ1) is 6.68. The summed E-state index contributed by atoms with van der Waals surface area (Å²) in [5.74, 6) is -0.911. The lowest BCUT2D eigenvalue weighted by atomic mass is 9.99. The highest BCUT2D eigenvalue weighted by molar-refractivity contribution is 5.90. The third kappa shape index (κ3) is 1.31. The molecule has 1 aliphatic rings. The van der Waals surface area contributed by atoms with Crippen molar-refractivity contribution < 1.29 is 9.90 Å². The number of hydrogen-bond donors (Lipinski definition) is 3. The first-order valence-corrected chi connectivity index (χ1v) is 4.24. The van der Waals surface area contributed by atoms with Gasteiger partial charge in [0, 0.05) is 29.6 Å². The first kappa shape index (κ1) is 8.62. The number of carboxylic acid groups (broad SMARTS) is 1. The third-order valence-corrected chi connectivity index (χ3v) is 2.26. The predicted molar refractivity (Wildman–Crippen MR) is 53.9 cm³/mol. The molecule has 2 rings (SSSR count). The SMILES string of the molecule is Nc1cccc2c1CC(C(=O)O)=CN2. The van der Waals surface area contributed by atoms with Crippen LogP contribution in [0.15, 0.2) is 30.0 Å². The highest BCUT2D eigenvalue weighted by Crippen LogP contribution is 2.28. The zero-order chi connectivity index (χ0) is 10.1. The minimum atomic E-state index is -0.911. The lowest BCUT2D eigenvalue weighted by molar-refractivity contribution is -0.132. The van der Waals surface area contributed by atoms with Gasteiger partial charge in [-0.3, -0.25) is 0 Å². The monoisotopic (exact) mass is 190 g/mol. The highest BCUT2D eigenvalue weighted by Gasteiger charge is 2.17. The molecule has 0 aliphatic carbocycles. The van der Waals surface area contributed by atoms with Crippen molar-refractivity contribution in [1.29, 1.82) is 0 Å². The normalized spacial score (nSPS) is 13.9. The van der Waals surface area contributed by atoms with E-state index in [4.69, 9.17) is 10.8 Å². The summed E-state index contributed by atoms with van der Waals surface area (Å²) < 4.78 is 0. The van der Waals surface area contributed by atoms with Crippen LogP contribution >= 0.6 is 0 Å². The van der Waals surface area contributed by atoms with Gasteiger partial charge in [-0.15, -0.1) is 0 Å². The molecule has 1 aromatic carbocycles. The maximum Gasteiger partial charge on any atom is 0.333 e. The predicted octanol–water partition coefficient (Wildman–Crippen LogP) is 1.21. The highest BCUT2D eigenvalue weighted by atomic mass is 16.4. The Bertz CT molecular complexity index is 424. The molecule has 0 radical (unpaired) electrons. The van der Waals surface area contributed by atoms with Crippen LogP contribution in [0.3, 0.4) is 0 Å². The van der Waals surface area contributed by atoms with Crippen LogP contribution in [0.25, 0.3) is 0 Å².